The third kappa shape index (κ3) is 6.33. The Hall–Kier alpha value is 0.120. The Morgan fingerprint density at radius 2 is 1.81 bits per heavy atom. The van der Waals surface area contributed by atoms with Crippen molar-refractivity contribution in [1.29, 1.82) is 0 Å². The van der Waals surface area contributed by atoms with E-state index in [1.807, 2.05) is 34.5 Å². The molecule has 2 saturated heterocycles. The van der Waals surface area contributed by atoms with Crippen LogP contribution in [0.5, 0.6) is 0 Å². The Morgan fingerprint density at radius 3 is 2.38 bits per heavy atom. The minimum atomic E-state index is -3.11. The monoisotopic (exact) mass is 387 g/mol. The first kappa shape index (κ1) is 22.4. The first-order valence-corrected chi connectivity index (χ1v) is 11.2. The van der Waals surface area contributed by atoms with Crippen molar-refractivity contribution in [3.8, 4) is 0 Å². The van der Waals surface area contributed by atoms with Crippen LogP contribution in [0.3, 0.4) is 0 Å². The fourth-order valence-corrected chi connectivity index (χ4v) is 5.71. The summed E-state index contributed by atoms with van der Waals surface area (Å²) in [5, 5.41) is 3.33. The van der Waals surface area contributed by atoms with Crippen LogP contribution in [-0.4, -0.2) is 96.1 Å². The molecule has 5 atom stereocenters. The highest BCUT2D eigenvalue weighted by atomic mass is 31.2. The van der Waals surface area contributed by atoms with Crippen LogP contribution in [0, 0.1) is 5.41 Å². The van der Waals surface area contributed by atoms with E-state index in [1.54, 1.807) is 4.67 Å². The summed E-state index contributed by atoms with van der Waals surface area (Å²) in [7, 11) is 4.60. The van der Waals surface area contributed by atoms with Gasteiger partial charge in [-0.1, -0.05) is 20.8 Å². The van der Waals surface area contributed by atoms with Crippen LogP contribution in [0.2, 0.25) is 0 Å². The van der Waals surface area contributed by atoms with Gasteiger partial charge in [0.15, 0.2) is 0 Å². The lowest BCUT2D eigenvalue weighted by molar-refractivity contribution is -0.0527. The van der Waals surface area contributed by atoms with Crippen molar-refractivity contribution >= 4 is 23.4 Å². The van der Waals surface area contributed by atoms with Gasteiger partial charge in [0.25, 0.3) is 0 Å². The van der Waals surface area contributed by atoms with Crippen LogP contribution >= 0.6 is 7.67 Å². The largest absolute Gasteiger partial charge is 0.381 e. The van der Waals surface area contributed by atoms with Gasteiger partial charge < -0.3 is 19.3 Å². The summed E-state index contributed by atoms with van der Waals surface area (Å²) in [6, 6.07) is 0.177. The number of ether oxygens (including phenoxy) is 2. The maximum absolute atomic E-state index is 13.7. The van der Waals surface area contributed by atoms with Gasteiger partial charge in [-0.2, -0.15) is 0 Å². The summed E-state index contributed by atoms with van der Waals surface area (Å²) in [6.45, 7) is 9.74. The molecule has 2 aliphatic heterocycles. The summed E-state index contributed by atoms with van der Waals surface area (Å²) >= 11 is 0. The van der Waals surface area contributed by atoms with E-state index >= 15 is 0 Å². The molecule has 26 heavy (non-hydrogen) atoms. The van der Waals surface area contributed by atoms with Crippen molar-refractivity contribution in [3.05, 3.63) is 0 Å². The smallest absolute Gasteiger partial charge is 0.345 e. The predicted octanol–water partition coefficient (Wildman–Crippen LogP) is -0.283. The average Bonchev–Trinajstić information content (AvgIpc) is 2.50. The molecule has 0 radical (unpaired) electrons. The van der Waals surface area contributed by atoms with Gasteiger partial charge in [-0.15, -0.1) is 0 Å². The Labute approximate surface area is 160 Å². The van der Waals surface area contributed by atoms with E-state index in [0.29, 0.717) is 19.7 Å². The molecule has 150 valence electrons. The predicted molar refractivity (Wildman–Crippen MR) is 110 cm³/mol. The Morgan fingerprint density at radius 1 is 1.15 bits per heavy atom. The van der Waals surface area contributed by atoms with E-state index in [1.165, 1.54) is 0 Å². The SMILES string of the molecule is BC1CNCC(COP(=O)(N(C)C)N2CC(B)OC(CC(C)(C)C)C2)O1. The van der Waals surface area contributed by atoms with E-state index in [4.69, 9.17) is 14.0 Å². The first-order valence-electron chi connectivity index (χ1n) is 9.69. The van der Waals surface area contributed by atoms with Crippen molar-refractivity contribution in [1.82, 2.24) is 14.7 Å². The Balaban J connectivity index is 2.04. The van der Waals surface area contributed by atoms with Crippen molar-refractivity contribution in [2.75, 3.05) is 46.9 Å². The molecule has 5 unspecified atom stereocenters. The Kier molecular flexibility index (Phi) is 7.83. The zero-order chi connectivity index (χ0) is 19.5. The fraction of sp³-hybridized carbons (Fsp3) is 1.00. The van der Waals surface area contributed by atoms with E-state index < -0.39 is 7.67 Å². The second kappa shape index (κ2) is 9.08. The summed E-state index contributed by atoms with van der Waals surface area (Å²) < 4.78 is 35.5. The number of morpholine rings is 2. The van der Waals surface area contributed by atoms with E-state index in [0.717, 1.165) is 19.5 Å². The summed E-state index contributed by atoms with van der Waals surface area (Å²) in [5.41, 5.74) is 0.161. The van der Waals surface area contributed by atoms with E-state index in [-0.39, 0.29) is 29.6 Å². The molecule has 1 N–H and O–H groups in total. The van der Waals surface area contributed by atoms with Gasteiger partial charge in [0.05, 0.1) is 18.8 Å². The second-order valence-electron chi connectivity index (χ2n) is 9.07. The molecule has 0 aliphatic carbocycles. The third-order valence-electron chi connectivity index (χ3n) is 4.67. The molecule has 0 aromatic carbocycles. The molecule has 7 nitrogen and oxygen atoms in total. The van der Waals surface area contributed by atoms with Gasteiger partial charge >= 0.3 is 7.67 Å². The van der Waals surface area contributed by atoms with Crippen molar-refractivity contribution < 1.29 is 18.6 Å². The van der Waals surface area contributed by atoms with Gasteiger partial charge in [-0.25, -0.2) is 9.34 Å². The number of nitrogens with zero attached hydrogens (tertiary/aromatic N) is 2. The van der Waals surface area contributed by atoms with Crippen LogP contribution in [0.1, 0.15) is 27.2 Å². The molecule has 0 aromatic heterocycles. The zero-order valence-corrected chi connectivity index (χ0v) is 18.4. The molecular formula is C16H36B2N3O4P. The minimum absolute atomic E-state index is 0.0283. The van der Waals surface area contributed by atoms with Crippen molar-refractivity contribution in [2.45, 2.75) is 51.4 Å². The van der Waals surface area contributed by atoms with Gasteiger partial charge in [-0.05, 0) is 25.9 Å². The lowest BCUT2D eigenvalue weighted by Gasteiger charge is -2.43. The summed E-state index contributed by atoms with van der Waals surface area (Å²) in [5.74, 6) is 0. The molecule has 0 saturated carbocycles. The average molecular weight is 387 g/mol. The van der Waals surface area contributed by atoms with E-state index in [9.17, 15) is 4.57 Å². The third-order valence-corrected chi connectivity index (χ3v) is 7.20. The molecule has 2 heterocycles. The summed E-state index contributed by atoms with van der Waals surface area (Å²) in [6.07, 6.45) is 0.910. The standard InChI is InChI=1S/C16H36B2N3O4P/c1-16(2,3)6-12-9-21(10-15(18)24-12)26(22,20(4)5)23-11-13-7-19-8-14(17)25-13/h12-15,19H,6-11,17-18H2,1-5H3. The molecule has 0 aromatic rings. The van der Waals surface area contributed by atoms with Crippen LogP contribution in [0.25, 0.3) is 0 Å². The topological polar surface area (TPSA) is 63.3 Å². The molecule has 2 rings (SSSR count). The highest BCUT2D eigenvalue weighted by Gasteiger charge is 2.41. The molecular weight excluding hydrogens is 351 g/mol. The molecule has 0 spiro atoms. The van der Waals surface area contributed by atoms with Crippen LogP contribution < -0.4 is 5.32 Å². The van der Waals surface area contributed by atoms with Crippen molar-refractivity contribution in [3.63, 3.8) is 0 Å². The van der Waals surface area contributed by atoms with Crippen molar-refractivity contribution in [2.24, 2.45) is 5.41 Å². The van der Waals surface area contributed by atoms with Gasteiger partial charge in [0.1, 0.15) is 15.7 Å². The number of nitrogens with one attached hydrogen (secondary N) is 1. The minimum Gasteiger partial charge on any atom is -0.381 e. The maximum atomic E-state index is 13.7. The van der Waals surface area contributed by atoms with Gasteiger partial charge in [0.2, 0.25) is 0 Å². The Bertz CT molecular complexity index is 506. The quantitative estimate of drug-likeness (QED) is 0.497. The normalized spacial score (nSPS) is 33.9. The van der Waals surface area contributed by atoms with Gasteiger partial charge in [0, 0.05) is 38.2 Å². The fourth-order valence-electron chi connectivity index (χ4n) is 3.62. The highest BCUT2D eigenvalue weighted by Crippen LogP contribution is 2.54. The summed E-state index contributed by atoms with van der Waals surface area (Å²) in [4.78, 5) is 0. The van der Waals surface area contributed by atoms with Gasteiger partial charge in [-0.3, -0.25) is 4.57 Å². The van der Waals surface area contributed by atoms with Crippen LogP contribution in [0.15, 0.2) is 0 Å². The van der Waals surface area contributed by atoms with Crippen LogP contribution in [-0.2, 0) is 18.6 Å². The maximum Gasteiger partial charge on any atom is 0.345 e. The van der Waals surface area contributed by atoms with Crippen LogP contribution in [0.4, 0.5) is 0 Å². The lowest BCUT2D eigenvalue weighted by atomic mass is 9.88. The molecule has 10 heteroatoms. The molecule has 2 aliphatic rings. The first-order chi connectivity index (χ1) is 12.0. The zero-order valence-electron chi connectivity index (χ0n) is 17.5. The second-order valence-corrected chi connectivity index (χ2v) is 11.7. The lowest BCUT2D eigenvalue weighted by Crippen LogP contribution is -2.50. The number of rotatable bonds is 6. The molecule has 2 fully saturated rings. The van der Waals surface area contributed by atoms with E-state index in [2.05, 4.69) is 26.1 Å². The molecule has 0 amide bonds. The number of hydrogen-bond acceptors (Lipinski definition) is 5. The molecule has 0 bridgehead atoms. The number of hydrogen-bond donors (Lipinski definition) is 1. The highest BCUT2D eigenvalue weighted by molar-refractivity contribution is 7.53.